The molecular formula is C18H31NO2. The van der Waals surface area contributed by atoms with Crippen LogP contribution in [0.5, 0.6) is 5.75 Å². The van der Waals surface area contributed by atoms with E-state index < -0.39 is 0 Å². The average molecular weight is 293 g/mol. The number of amides is 1. The molecule has 0 aliphatic carbocycles. The first-order valence-electron chi connectivity index (χ1n) is 7.79. The highest BCUT2D eigenvalue weighted by Gasteiger charge is 2.24. The fourth-order valence-electron chi connectivity index (χ4n) is 1.10. The molecule has 0 radical (unpaired) electrons. The molecule has 0 unspecified atom stereocenters. The zero-order valence-electron chi connectivity index (χ0n) is 14.4. The van der Waals surface area contributed by atoms with E-state index in [2.05, 4.69) is 26.1 Å². The van der Waals surface area contributed by atoms with Gasteiger partial charge in [0.25, 0.3) is 0 Å². The van der Waals surface area contributed by atoms with Crippen LogP contribution in [-0.4, -0.2) is 12.6 Å². The summed E-state index contributed by atoms with van der Waals surface area (Å²) in [6.07, 6.45) is 2.12. The quantitative estimate of drug-likeness (QED) is 0.777. The van der Waals surface area contributed by atoms with E-state index >= 15 is 0 Å². The third-order valence-electron chi connectivity index (χ3n) is 3.53. The average Bonchev–Trinajstić information content (AvgIpc) is 2.48. The van der Waals surface area contributed by atoms with Crippen molar-refractivity contribution < 1.29 is 9.53 Å². The first-order valence-corrected chi connectivity index (χ1v) is 7.79. The summed E-state index contributed by atoms with van der Waals surface area (Å²) in [5.41, 5.74) is -0.333. The van der Waals surface area contributed by atoms with Crippen molar-refractivity contribution in [2.75, 3.05) is 6.73 Å². The molecule has 0 heterocycles. The minimum atomic E-state index is -0.333. The molecule has 21 heavy (non-hydrogen) atoms. The van der Waals surface area contributed by atoms with Gasteiger partial charge >= 0.3 is 0 Å². The second kappa shape index (κ2) is 10.3. The van der Waals surface area contributed by atoms with Gasteiger partial charge in [0, 0.05) is 5.41 Å². The van der Waals surface area contributed by atoms with E-state index in [1.54, 1.807) is 0 Å². The number of rotatable bonds is 6. The highest BCUT2D eigenvalue weighted by molar-refractivity contribution is 5.81. The molecule has 0 fully saturated rings. The van der Waals surface area contributed by atoms with Crippen molar-refractivity contribution in [2.45, 2.75) is 54.4 Å². The van der Waals surface area contributed by atoms with E-state index in [0.717, 1.165) is 18.1 Å². The molecule has 0 aromatic heterocycles. The van der Waals surface area contributed by atoms with E-state index in [4.69, 9.17) is 4.74 Å². The Morgan fingerprint density at radius 3 is 2.14 bits per heavy atom. The second-order valence-corrected chi connectivity index (χ2v) is 6.15. The van der Waals surface area contributed by atoms with Crippen LogP contribution in [0.15, 0.2) is 30.3 Å². The van der Waals surface area contributed by atoms with Crippen molar-refractivity contribution in [3.05, 3.63) is 30.3 Å². The van der Waals surface area contributed by atoms with Gasteiger partial charge in [-0.3, -0.25) is 4.79 Å². The van der Waals surface area contributed by atoms with Crippen molar-refractivity contribution >= 4 is 5.91 Å². The zero-order chi connectivity index (χ0) is 16.3. The Balaban J connectivity index is 0.000000690. The van der Waals surface area contributed by atoms with E-state index in [0.29, 0.717) is 0 Å². The van der Waals surface area contributed by atoms with Crippen LogP contribution in [0.2, 0.25) is 0 Å². The minimum Gasteiger partial charge on any atom is -0.473 e. The van der Waals surface area contributed by atoms with E-state index in [9.17, 15) is 4.79 Å². The van der Waals surface area contributed by atoms with Crippen LogP contribution < -0.4 is 10.1 Å². The largest absolute Gasteiger partial charge is 0.473 e. The molecule has 0 aliphatic heterocycles. The van der Waals surface area contributed by atoms with Crippen molar-refractivity contribution in [1.29, 1.82) is 0 Å². The van der Waals surface area contributed by atoms with E-state index in [-0.39, 0.29) is 18.1 Å². The Kier molecular flexibility index (Phi) is 9.51. The van der Waals surface area contributed by atoms with Crippen LogP contribution in [0.4, 0.5) is 0 Å². The fourth-order valence-corrected chi connectivity index (χ4v) is 1.10. The molecule has 0 spiro atoms. The van der Waals surface area contributed by atoms with Crippen LogP contribution in [0.25, 0.3) is 0 Å². The lowest BCUT2D eigenvalue weighted by atomic mass is 9.89. The lowest BCUT2D eigenvalue weighted by molar-refractivity contribution is -0.130. The summed E-state index contributed by atoms with van der Waals surface area (Å²) in [7, 11) is 0. The predicted octanol–water partition coefficient (Wildman–Crippen LogP) is 4.63. The van der Waals surface area contributed by atoms with Gasteiger partial charge < -0.3 is 10.1 Å². The Bertz CT molecular complexity index is 385. The maximum atomic E-state index is 11.7. The summed E-state index contributed by atoms with van der Waals surface area (Å²) >= 11 is 0. The number of para-hydroxylation sites is 1. The molecule has 0 bridgehead atoms. The Morgan fingerprint density at radius 1 is 1.19 bits per heavy atom. The molecule has 1 aromatic carbocycles. The van der Waals surface area contributed by atoms with Gasteiger partial charge in [-0.15, -0.1) is 0 Å². The van der Waals surface area contributed by atoms with E-state index in [1.807, 2.05) is 51.1 Å². The van der Waals surface area contributed by atoms with Crippen molar-refractivity contribution in [2.24, 2.45) is 11.3 Å². The van der Waals surface area contributed by atoms with Gasteiger partial charge in [0.1, 0.15) is 5.75 Å². The SMILES string of the molecule is CCC(C)(C)C(=O)NCOc1ccccc1.CCC(C)C. The van der Waals surface area contributed by atoms with Gasteiger partial charge in [0.05, 0.1) is 0 Å². The third kappa shape index (κ3) is 9.11. The van der Waals surface area contributed by atoms with E-state index in [1.165, 1.54) is 6.42 Å². The molecule has 0 atom stereocenters. The number of carbonyl (C=O) groups excluding carboxylic acids is 1. The molecule has 1 aromatic rings. The lowest BCUT2D eigenvalue weighted by Crippen LogP contribution is -2.38. The predicted molar refractivity (Wildman–Crippen MR) is 89.3 cm³/mol. The van der Waals surface area contributed by atoms with Crippen molar-refractivity contribution in [1.82, 2.24) is 5.32 Å². The number of carbonyl (C=O) groups is 1. The summed E-state index contributed by atoms with van der Waals surface area (Å²) < 4.78 is 5.38. The Morgan fingerprint density at radius 2 is 1.71 bits per heavy atom. The van der Waals surface area contributed by atoms with Crippen molar-refractivity contribution in [3.8, 4) is 5.75 Å². The third-order valence-corrected chi connectivity index (χ3v) is 3.53. The molecule has 0 saturated carbocycles. The monoisotopic (exact) mass is 293 g/mol. The van der Waals surface area contributed by atoms with Gasteiger partial charge in [-0.05, 0) is 24.5 Å². The molecule has 1 N–H and O–H groups in total. The number of ether oxygens (including phenoxy) is 1. The fraction of sp³-hybridized carbons (Fsp3) is 0.611. The molecule has 3 heteroatoms. The van der Waals surface area contributed by atoms with Crippen LogP contribution in [-0.2, 0) is 4.79 Å². The molecule has 0 aliphatic rings. The number of hydrogen-bond donors (Lipinski definition) is 1. The number of hydrogen-bond acceptors (Lipinski definition) is 2. The van der Waals surface area contributed by atoms with Crippen LogP contribution in [0, 0.1) is 11.3 Å². The highest BCUT2D eigenvalue weighted by Crippen LogP contribution is 2.19. The summed E-state index contributed by atoms with van der Waals surface area (Å²) in [6.45, 7) is 12.7. The van der Waals surface area contributed by atoms with Gasteiger partial charge in [-0.25, -0.2) is 0 Å². The number of benzene rings is 1. The molecule has 1 amide bonds. The Hall–Kier alpha value is -1.51. The number of nitrogens with one attached hydrogen (secondary N) is 1. The smallest absolute Gasteiger partial charge is 0.228 e. The minimum absolute atomic E-state index is 0.0194. The van der Waals surface area contributed by atoms with Crippen molar-refractivity contribution in [3.63, 3.8) is 0 Å². The Labute approximate surface area is 130 Å². The standard InChI is InChI=1S/C13H19NO2.C5H12/c1-4-13(2,3)12(15)14-10-16-11-8-6-5-7-9-11;1-4-5(2)3/h5-9H,4,10H2,1-3H3,(H,14,15);5H,4H2,1-3H3. The highest BCUT2D eigenvalue weighted by atomic mass is 16.5. The van der Waals surface area contributed by atoms with Gasteiger partial charge in [-0.2, -0.15) is 0 Å². The summed E-state index contributed by atoms with van der Waals surface area (Å²) in [5, 5.41) is 2.76. The van der Waals surface area contributed by atoms with Crippen LogP contribution in [0.3, 0.4) is 0 Å². The maximum Gasteiger partial charge on any atom is 0.228 e. The molecule has 0 saturated heterocycles. The first kappa shape index (κ1) is 19.5. The lowest BCUT2D eigenvalue weighted by Gasteiger charge is -2.21. The van der Waals surface area contributed by atoms with Gasteiger partial charge in [0.2, 0.25) is 5.91 Å². The van der Waals surface area contributed by atoms with Crippen LogP contribution in [0.1, 0.15) is 54.4 Å². The summed E-state index contributed by atoms with van der Waals surface area (Å²) in [5.74, 6) is 1.66. The molecule has 1 rings (SSSR count). The second-order valence-electron chi connectivity index (χ2n) is 6.15. The maximum absolute atomic E-state index is 11.7. The zero-order valence-corrected chi connectivity index (χ0v) is 14.4. The molecule has 120 valence electrons. The summed E-state index contributed by atoms with van der Waals surface area (Å²) in [6, 6.07) is 9.43. The van der Waals surface area contributed by atoms with Crippen LogP contribution >= 0.6 is 0 Å². The summed E-state index contributed by atoms with van der Waals surface area (Å²) in [4.78, 5) is 11.7. The first-order chi connectivity index (χ1) is 9.83. The topological polar surface area (TPSA) is 38.3 Å². The normalized spacial score (nSPS) is 10.6. The van der Waals surface area contributed by atoms with Gasteiger partial charge in [-0.1, -0.05) is 66.2 Å². The van der Waals surface area contributed by atoms with Gasteiger partial charge in [0.15, 0.2) is 6.73 Å². The molecular weight excluding hydrogens is 262 g/mol. The molecule has 3 nitrogen and oxygen atoms in total.